The van der Waals surface area contributed by atoms with E-state index in [-0.39, 0.29) is 0 Å². The van der Waals surface area contributed by atoms with Crippen molar-refractivity contribution in [1.29, 1.82) is 0 Å². The van der Waals surface area contributed by atoms with Gasteiger partial charge in [0.1, 0.15) is 5.82 Å². The molecule has 0 aliphatic rings. The number of halogens is 2. The van der Waals surface area contributed by atoms with Gasteiger partial charge in [-0.15, -0.1) is 11.6 Å². The summed E-state index contributed by atoms with van der Waals surface area (Å²) >= 11 is 12.0. The minimum absolute atomic E-state index is 0.420. The quantitative estimate of drug-likeness (QED) is 0.784. The highest BCUT2D eigenvalue weighted by molar-refractivity contribution is 6.33. The molecule has 0 radical (unpaired) electrons. The van der Waals surface area contributed by atoms with E-state index < -0.39 is 0 Å². The Bertz CT molecular complexity index is 531. The zero-order chi connectivity index (χ0) is 13.7. The van der Waals surface area contributed by atoms with Gasteiger partial charge in [0.2, 0.25) is 0 Å². The van der Waals surface area contributed by atoms with Gasteiger partial charge in [-0.25, -0.2) is 4.98 Å². The first-order valence-electron chi connectivity index (χ1n) is 6.08. The van der Waals surface area contributed by atoms with Crippen molar-refractivity contribution < 1.29 is 0 Å². The lowest BCUT2D eigenvalue weighted by Crippen LogP contribution is -2.23. The van der Waals surface area contributed by atoms with Crippen molar-refractivity contribution in [1.82, 2.24) is 9.97 Å². The predicted molar refractivity (Wildman–Crippen MR) is 79.8 cm³/mol. The van der Waals surface area contributed by atoms with Crippen LogP contribution in [0.1, 0.15) is 18.1 Å². The maximum Gasteiger partial charge on any atom is 0.147 e. The van der Waals surface area contributed by atoms with Crippen LogP contribution in [0.4, 0.5) is 5.82 Å². The summed E-state index contributed by atoms with van der Waals surface area (Å²) in [6.45, 7) is 3.66. The Balaban J connectivity index is 2.22. The molecule has 3 nitrogen and oxygen atoms in total. The summed E-state index contributed by atoms with van der Waals surface area (Å²) in [5.74, 6) is 1.21. The molecule has 0 fully saturated rings. The molecule has 0 aliphatic heterocycles. The lowest BCUT2D eigenvalue weighted by molar-refractivity contribution is 0.812. The van der Waals surface area contributed by atoms with Gasteiger partial charge < -0.3 is 4.90 Å². The first-order valence-corrected chi connectivity index (χ1v) is 7.00. The molecule has 5 heteroatoms. The average molecular weight is 296 g/mol. The van der Waals surface area contributed by atoms with Gasteiger partial charge in [0.15, 0.2) is 0 Å². The molecular formula is C14H15Cl2N3. The molecule has 0 aliphatic carbocycles. The number of anilines is 1. The highest BCUT2D eigenvalue weighted by Gasteiger charge is 2.11. The van der Waals surface area contributed by atoms with Gasteiger partial charge in [-0.1, -0.05) is 11.6 Å². The summed E-state index contributed by atoms with van der Waals surface area (Å²) < 4.78 is 0. The molecule has 0 N–H and O–H groups in total. The minimum atomic E-state index is 0.420. The smallest absolute Gasteiger partial charge is 0.147 e. The number of hydrogen-bond acceptors (Lipinski definition) is 3. The van der Waals surface area contributed by atoms with Crippen LogP contribution in [-0.2, 0) is 12.4 Å². The fourth-order valence-corrected chi connectivity index (χ4v) is 2.28. The molecule has 0 saturated heterocycles. The number of rotatable bonds is 5. The van der Waals surface area contributed by atoms with Crippen molar-refractivity contribution >= 4 is 29.0 Å². The van der Waals surface area contributed by atoms with Crippen molar-refractivity contribution in [2.75, 3.05) is 11.4 Å². The van der Waals surface area contributed by atoms with Crippen LogP contribution in [0, 0.1) is 0 Å². The third-order valence-electron chi connectivity index (χ3n) is 2.84. The third kappa shape index (κ3) is 3.58. The molecule has 0 unspecified atom stereocenters. The van der Waals surface area contributed by atoms with Gasteiger partial charge in [0.25, 0.3) is 0 Å². The van der Waals surface area contributed by atoms with Crippen LogP contribution in [0.25, 0.3) is 0 Å². The van der Waals surface area contributed by atoms with E-state index in [2.05, 4.69) is 21.8 Å². The molecule has 2 heterocycles. The molecule has 100 valence electrons. The number of pyridine rings is 2. The van der Waals surface area contributed by atoms with E-state index in [1.807, 2.05) is 18.2 Å². The highest BCUT2D eigenvalue weighted by Crippen LogP contribution is 2.25. The fourth-order valence-electron chi connectivity index (χ4n) is 1.82. The number of nitrogens with zero attached hydrogens (tertiary/aromatic N) is 3. The molecule has 0 atom stereocenters. The van der Waals surface area contributed by atoms with Crippen molar-refractivity contribution in [3.8, 4) is 0 Å². The van der Waals surface area contributed by atoms with Gasteiger partial charge in [0.05, 0.1) is 5.02 Å². The predicted octanol–water partition coefficient (Wildman–Crippen LogP) is 3.90. The van der Waals surface area contributed by atoms with E-state index in [1.54, 1.807) is 18.6 Å². The van der Waals surface area contributed by atoms with E-state index in [9.17, 15) is 0 Å². The van der Waals surface area contributed by atoms with E-state index in [0.29, 0.717) is 10.9 Å². The standard InChI is InChI=1S/C14H15Cl2N3/c1-2-19(10-11-3-5-17-6-4-11)14-13(16)7-12(8-15)9-18-14/h3-7,9H,2,8,10H2,1H3. The first-order chi connectivity index (χ1) is 9.24. The summed E-state index contributed by atoms with van der Waals surface area (Å²) in [7, 11) is 0. The lowest BCUT2D eigenvalue weighted by atomic mass is 10.2. The molecule has 0 amide bonds. The highest BCUT2D eigenvalue weighted by atomic mass is 35.5. The Kier molecular flexibility index (Phi) is 5.00. The van der Waals surface area contributed by atoms with Crippen molar-refractivity contribution in [2.45, 2.75) is 19.3 Å². The van der Waals surface area contributed by atoms with Crippen molar-refractivity contribution in [2.24, 2.45) is 0 Å². The maximum atomic E-state index is 6.27. The molecule has 0 saturated carbocycles. The van der Waals surface area contributed by atoms with E-state index in [4.69, 9.17) is 23.2 Å². The summed E-state index contributed by atoms with van der Waals surface area (Å²) in [6.07, 6.45) is 5.34. The zero-order valence-electron chi connectivity index (χ0n) is 10.7. The Labute approximate surface area is 123 Å². The second-order valence-corrected chi connectivity index (χ2v) is 4.83. The van der Waals surface area contributed by atoms with Gasteiger partial charge in [-0.2, -0.15) is 0 Å². The summed E-state index contributed by atoms with van der Waals surface area (Å²) in [5, 5.41) is 0.633. The van der Waals surface area contributed by atoms with Gasteiger partial charge in [0, 0.05) is 37.6 Å². The Morgan fingerprint density at radius 2 is 1.95 bits per heavy atom. The number of hydrogen-bond donors (Lipinski definition) is 0. The van der Waals surface area contributed by atoms with Crippen LogP contribution >= 0.6 is 23.2 Å². The average Bonchev–Trinajstić information content (AvgIpc) is 2.46. The molecule has 2 aromatic rings. The van der Waals surface area contributed by atoms with E-state index in [1.165, 1.54) is 5.56 Å². The van der Waals surface area contributed by atoms with Crippen LogP contribution in [0.5, 0.6) is 0 Å². The molecule has 2 aromatic heterocycles. The van der Waals surface area contributed by atoms with Gasteiger partial charge in [-0.3, -0.25) is 4.98 Å². The zero-order valence-corrected chi connectivity index (χ0v) is 12.2. The Hall–Kier alpha value is -1.32. The van der Waals surface area contributed by atoms with Crippen LogP contribution < -0.4 is 4.90 Å². The molecule has 19 heavy (non-hydrogen) atoms. The van der Waals surface area contributed by atoms with Crippen molar-refractivity contribution in [3.05, 3.63) is 52.9 Å². The third-order valence-corrected chi connectivity index (χ3v) is 3.42. The molecule has 0 aromatic carbocycles. The fraction of sp³-hybridized carbons (Fsp3) is 0.286. The van der Waals surface area contributed by atoms with Gasteiger partial charge >= 0.3 is 0 Å². The minimum Gasteiger partial charge on any atom is -0.351 e. The normalized spacial score (nSPS) is 10.5. The Morgan fingerprint density at radius 3 is 2.53 bits per heavy atom. The molecule has 0 spiro atoms. The molecule has 0 bridgehead atoms. The summed E-state index contributed by atoms with van der Waals surface area (Å²) in [6, 6.07) is 5.85. The van der Waals surface area contributed by atoms with Crippen LogP contribution in [0.15, 0.2) is 36.8 Å². The molecular weight excluding hydrogens is 281 g/mol. The second kappa shape index (κ2) is 6.73. The molecule has 2 rings (SSSR count). The number of aromatic nitrogens is 2. The van der Waals surface area contributed by atoms with Crippen molar-refractivity contribution in [3.63, 3.8) is 0 Å². The van der Waals surface area contributed by atoms with Gasteiger partial charge in [-0.05, 0) is 36.2 Å². The maximum absolute atomic E-state index is 6.27. The largest absolute Gasteiger partial charge is 0.351 e. The van der Waals surface area contributed by atoms with Crippen LogP contribution in [0.3, 0.4) is 0 Å². The summed E-state index contributed by atoms with van der Waals surface area (Å²) in [4.78, 5) is 10.5. The lowest BCUT2D eigenvalue weighted by Gasteiger charge is -2.23. The topological polar surface area (TPSA) is 29.0 Å². The van der Waals surface area contributed by atoms with E-state index >= 15 is 0 Å². The SMILES string of the molecule is CCN(Cc1ccncc1)c1ncc(CCl)cc1Cl. The van der Waals surface area contributed by atoms with Crippen LogP contribution in [-0.4, -0.2) is 16.5 Å². The summed E-state index contributed by atoms with van der Waals surface area (Å²) in [5.41, 5.74) is 2.10. The van der Waals surface area contributed by atoms with E-state index in [0.717, 1.165) is 24.5 Å². The first kappa shape index (κ1) is 14.1. The number of alkyl halides is 1. The monoisotopic (exact) mass is 295 g/mol. The second-order valence-electron chi connectivity index (χ2n) is 4.15. The Morgan fingerprint density at radius 1 is 1.21 bits per heavy atom. The van der Waals surface area contributed by atoms with Crippen LogP contribution in [0.2, 0.25) is 5.02 Å².